The van der Waals surface area contributed by atoms with E-state index in [0.29, 0.717) is 0 Å². The molecule has 0 atom stereocenters. The smallest absolute Gasteiger partial charge is 0.380 e. The van der Waals surface area contributed by atoms with Gasteiger partial charge < -0.3 is 5.73 Å². The molecule has 3 nitrogen and oxygen atoms in total. The van der Waals surface area contributed by atoms with Crippen LogP contribution in [0, 0.1) is 0 Å². The fraction of sp³-hybridized carbons (Fsp3) is 0.600. The minimum atomic E-state index is -6.45. The highest BCUT2D eigenvalue weighted by molar-refractivity contribution is 5.88. The molecule has 0 bridgehead atoms. The van der Waals surface area contributed by atoms with E-state index in [1.54, 1.807) is 0 Å². The Labute approximate surface area is 78.5 Å². The SMILES string of the molecule is C=NN=C(N)C(F)(F)C(F)(F)C(F)(F)F. The van der Waals surface area contributed by atoms with Crippen LogP contribution in [0.15, 0.2) is 10.2 Å². The number of amidine groups is 1. The van der Waals surface area contributed by atoms with Gasteiger partial charge in [0.2, 0.25) is 0 Å². The number of nitrogens with zero attached hydrogens (tertiary/aromatic N) is 2. The van der Waals surface area contributed by atoms with Crippen molar-refractivity contribution >= 4 is 12.6 Å². The lowest BCUT2D eigenvalue weighted by atomic mass is 10.1. The summed E-state index contributed by atoms with van der Waals surface area (Å²) in [5.74, 6) is -14.3. The normalized spacial score (nSPS) is 15.3. The average molecular weight is 239 g/mol. The second-order valence-corrected chi connectivity index (χ2v) is 2.27. The van der Waals surface area contributed by atoms with E-state index in [-0.39, 0.29) is 0 Å². The van der Waals surface area contributed by atoms with Crippen LogP contribution in [0.5, 0.6) is 0 Å². The summed E-state index contributed by atoms with van der Waals surface area (Å²) in [6, 6.07) is 0. The van der Waals surface area contributed by atoms with Gasteiger partial charge in [0.05, 0.1) is 0 Å². The summed E-state index contributed by atoms with van der Waals surface area (Å²) in [7, 11) is 0. The summed E-state index contributed by atoms with van der Waals surface area (Å²) in [4.78, 5) is 0. The number of halogens is 7. The molecule has 10 heteroatoms. The van der Waals surface area contributed by atoms with Crippen molar-refractivity contribution in [3.8, 4) is 0 Å². The molecule has 0 rings (SSSR count). The molecule has 0 aromatic carbocycles. The van der Waals surface area contributed by atoms with Gasteiger partial charge in [0, 0.05) is 6.72 Å². The van der Waals surface area contributed by atoms with Crippen molar-refractivity contribution in [2.45, 2.75) is 18.0 Å². The monoisotopic (exact) mass is 239 g/mol. The van der Waals surface area contributed by atoms with Crippen LogP contribution in [0.4, 0.5) is 30.7 Å². The number of hydrogen-bond donors (Lipinski definition) is 1. The van der Waals surface area contributed by atoms with Crippen molar-refractivity contribution in [3.63, 3.8) is 0 Å². The van der Waals surface area contributed by atoms with Gasteiger partial charge in [0.1, 0.15) is 0 Å². The van der Waals surface area contributed by atoms with Crippen LogP contribution in [0.25, 0.3) is 0 Å². The van der Waals surface area contributed by atoms with Crippen LogP contribution in [-0.4, -0.2) is 30.6 Å². The molecule has 88 valence electrons. The van der Waals surface area contributed by atoms with E-state index in [1.807, 2.05) is 0 Å². The lowest BCUT2D eigenvalue weighted by Crippen LogP contribution is -2.58. The molecule has 0 aliphatic carbocycles. The third-order valence-corrected chi connectivity index (χ3v) is 1.25. The van der Waals surface area contributed by atoms with E-state index in [0.717, 1.165) is 0 Å². The molecule has 0 aliphatic rings. The Morgan fingerprint density at radius 3 is 1.67 bits per heavy atom. The van der Waals surface area contributed by atoms with E-state index in [1.165, 1.54) is 0 Å². The molecular weight excluding hydrogens is 235 g/mol. The molecule has 0 aromatic heterocycles. The maximum atomic E-state index is 12.5. The van der Waals surface area contributed by atoms with Crippen molar-refractivity contribution in [1.82, 2.24) is 0 Å². The number of hydrogen-bond acceptors (Lipinski definition) is 2. The average Bonchev–Trinajstić information content (AvgIpc) is 2.02. The summed E-state index contributed by atoms with van der Waals surface area (Å²) in [6.07, 6.45) is -6.45. The summed E-state index contributed by atoms with van der Waals surface area (Å²) in [5, 5.41) is 4.48. The van der Waals surface area contributed by atoms with Crippen molar-refractivity contribution in [2.24, 2.45) is 15.9 Å². The summed E-state index contributed by atoms with van der Waals surface area (Å²) >= 11 is 0. The van der Waals surface area contributed by atoms with Crippen LogP contribution in [-0.2, 0) is 0 Å². The fourth-order valence-corrected chi connectivity index (χ4v) is 0.478. The molecule has 0 saturated carbocycles. The molecule has 0 saturated heterocycles. The van der Waals surface area contributed by atoms with Gasteiger partial charge >= 0.3 is 18.0 Å². The zero-order valence-corrected chi connectivity index (χ0v) is 6.82. The van der Waals surface area contributed by atoms with Gasteiger partial charge in [-0.25, -0.2) is 0 Å². The van der Waals surface area contributed by atoms with Crippen molar-refractivity contribution < 1.29 is 30.7 Å². The van der Waals surface area contributed by atoms with Crippen molar-refractivity contribution in [3.05, 3.63) is 0 Å². The van der Waals surface area contributed by atoms with E-state index < -0.39 is 23.9 Å². The first-order valence-corrected chi connectivity index (χ1v) is 3.10. The van der Waals surface area contributed by atoms with Crippen LogP contribution >= 0.6 is 0 Å². The third kappa shape index (κ3) is 2.18. The van der Waals surface area contributed by atoms with Crippen LogP contribution in [0.2, 0.25) is 0 Å². The Hall–Kier alpha value is -1.35. The highest BCUT2D eigenvalue weighted by Crippen LogP contribution is 2.46. The summed E-state index contributed by atoms with van der Waals surface area (Å²) in [5.41, 5.74) is 4.23. The van der Waals surface area contributed by atoms with Crippen LogP contribution in [0.1, 0.15) is 0 Å². The van der Waals surface area contributed by atoms with Crippen LogP contribution < -0.4 is 5.73 Å². The Morgan fingerprint density at radius 2 is 1.40 bits per heavy atom. The summed E-state index contributed by atoms with van der Waals surface area (Å²) < 4.78 is 83.9. The molecule has 0 amide bonds. The number of alkyl halides is 7. The Balaban J connectivity index is 5.37. The van der Waals surface area contributed by atoms with Crippen molar-refractivity contribution in [1.29, 1.82) is 0 Å². The molecular formula is C5H4F7N3. The number of rotatable bonds is 3. The van der Waals surface area contributed by atoms with E-state index in [9.17, 15) is 30.7 Å². The fourth-order valence-electron chi connectivity index (χ4n) is 0.478. The van der Waals surface area contributed by atoms with Gasteiger partial charge in [0.15, 0.2) is 5.84 Å². The van der Waals surface area contributed by atoms with E-state index >= 15 is 0 Å². The first-order valence-electron chi connectivity index (χ1n) is 3.10. The van der Waals surface area contributed by atoms with Gasteiger partial charge in [-0.1, -0.05) is 0 Å². The van der Waals surface area contributed by atoms with Crippen molar-refractivity contribution in [2.75, 3.05) is 0 Å². The largest absolute Gasteiger partial charge is 0.460 e. The highest BCUT2D eigenvalue weighted by Gasteiger charge is 2.75. The Kier molecular flexibility index (Phi) is 3.33. The number of nitrogens with two attached hydrogens (primary N) is 1. The molecule has 15 heavy (non-hydrogen) atoms. The predicted octanol–water partition coefficient (Wildman–Crippen LogP) is 1.79. The minimum Gasteiger partial charge on any atom is -0.380 e. The Morgan fingerprint density at radius 1 is 1.00 bits per heavy atom. The second-order valence-electron chi connectivity index (χ2n) is 2.27. The summed E-state index contributed by atoms with van der Waals surface area (Å²) in [6.45, 7) is 2.48. The molecule has 0 aromatic rings. The maximum absolute atomic E-state index is 12.5. The second kappa shape index (κ2) is 3.66. The topological polar surface area (TPSA) is 50.7 Å². The lowest BCUT2D eigenvalue weighted by Gasteiger charge is -2.26. The third-order valence-electron chi connectivity index (χ3n) is 1.25. The molecule has 0 fully saturated rings. The highest BCUT2D eigenvalue weighted by atomic mass is 19.4. The van der Waals surface area contributed by atoms with Gasteiger partial charge in [-0.15, -0.1) is 5.10 Å². The van der Waals surface area contributed by atoms with Gasteiger partial charge in [-0.3, -0.25) is 0 Å². The molecule has 0 heterocycles. The quantitative estimate of drug-likeness (QED) is 0.347. The zero-order valence-electron chi connectivity index (χ0n) is 6.82. The minimum absolute atomic E-state index is 2.15. The molecule has 0 radical (unpaired) electrons. The van der Waals surface area contributed by atoms with Gasteiger partial charge in [0.25, 0.3) is 0 Å². The van der Waals surface area contributed by atoms with Gasteiger partial charge in [-0.05, 0) is 0 Å². The van der Waals surface area contributed by atoms with Crippen LogP contribution in [0.3, 0.4) is 0 Å². The predicted molar refractivity (Wildman–Crippen MR) is 37.1 cm³/mol. The molecule has 2 N–H and O–H groups in total. The standard InChI is InChI=1S/C5H4F7N3/c1-14-15-2(13)3(6,7)4(8,9)5(10,11)12/h1H2,(H2,13,15). The first kappa shape index (κ1) is 13.7. The van der Waals surface area contributed by atoms with E-state index in [4.69, 9.17) is 0 Å². The molecule has 0 unspecified atom stereocenters. The zero-order chi connectivity index (χ0) is 12.5. The first-order chi connectivity index (χ1) is 6.48. The lowest BCUT2D eigenvalue weighted by molar-refractivity contribution is -0.336. The van der Waals surface area contributed by atoms with E-state index in [2.05, 4.69) is 22.7 Å². The Bertz CT molecular complexity index is 279. The maximum Gasteiger partial charge on any atom is 0.460 e. The molecule has 0 spiro atoms. The van der Waals surface area contributed by atoms with Gasteiger partial charge in [-0.2, -0.15) is 35.8 Å². The molecule has 0 aliphatic heterocycles.